The van der Waals surface area contributed by atoms with Crippen molar-refractivity contribution < 1.29 is 4.74 Å². The van der Waals surface area contributed by atoms with Crippen molar-refractivity contribution in [3.05, 3.63) is 114 Å². The molecule has 30 heavy (non-hydrogen) atoms. The van der Waals surface area contributed by atoms with E-state index >= 15 is 0 Å². The second kappa shape index (κ2) is 7.18. The first kappa shape index (κ1) is 18.7. The molecule has 0 radical (unpaired) electrons. The molecule has 4 aromatic carbocycles. The Morgan fingerprint density at radius 2 is 0.833 bits per heavy atom. The first-order chi connectivity index (χ1) is 14.6. The Labute approximate surface area is 179 Å². The molecule has 0 saturated carbocycles. The van der Waals surface area contributed by atoms with Crippen LogP contribution in [-0.2, 0) is 5.60 Å². The largest absolute Gasteiger partial charge is 0.472 e. The van der Waals surface area contributed by atoms with Gasteiger partial charge in [-0.2, -0.15) is 0 Å². The molecular weight excluding hydrogens is 364 g/mol. The first-order valence-electron chi connectivity index (χ1n) is 10.7. The molecule has 0 saturated heterocycles. The molecule has 0 aromatic heterocycles. The van der Waals surface area contributed by atoms with Crippen molar-refractivity contribution in [2.75, 3.05) is 0 Å². The smallest absolute Gasteiger partial charge is 0.186 e. The minimum atomic E-state index is -0.585. The van der Waals surface area contributed by atoms with Gasteiger partial charge in [-0.15, -0.1) is 0 Å². The van der Waals surface area contributed by atoms with E-state index in [2.05, 4.69) is 112 Å². The second-order valence-corrected chi connectivity index (χ2v) is 8.65. The van der Waals surface area contributed by atoms with Crippen molar-refractivity contribution in [1.82, 2.24) is 0 Å². The zero-order valence-electron chi connectivity index (χ0n) is 17.7. The van der Waals surface area contributed by atoms with Gasteiger partial charge in [-0.1, -0.05) is 112 Å². The molecule has 0 bridgehead atoms. The SMILES string of the molecule is CC(C)C.c1ccc2c(c1)OC1(c3ccccc3-2)c2ccccc2-c2ccccc21. The summed E-state index contributed by atoms with van der Waals surface area (Å²) < 4.78 is 6.86. The minimum Gasteiger partial charge on any atom is -0.472 e. The second-order valence-electron chi connectivity index (χ2n) is 8.65. The first-order valence-corrected chi connectivity index (χ1v) is 10.7. The van der Waals surface area contributed by atoms with Crippen LogP contribution in [0.4, 0.5) is 0 Å². The van der Waals surface area contributed by atoms with E-state index in [0.717, 1.165) is 17.2 Å². The molecular formula is C29H26O. The summed E-state index contributed by atoms with van der Waals surface area (Å²) in [4.78, 5) is 0. The number of ether oxygens (including phenoxy) is 1. The maximum atomic E-state index is 6.86. The van der Waals surface area contributed by atoms with Crippen molar-refractivity contribution in [1.29, 1.82) is 0 Å². The summed E-state index contributed by atoms with van der Waals surface area (Å²) in [6.45, 7) is 6.50. The summed E-state index contributed by atoms with van der Waals surface area (Å²) in [7, 11) is 0. The van der Waals surface area contributed by atoms with Crippen LogP contribution < -0.4 is 4.74 Å². The van der Waals surface area contributed by atoms with Gasteiger partial charge < -0.3 is 4.74 Å². The molecule has 1 heterocycles. The third-order valence-corrected chi connectivity index (χ3v) is 5.65. The van der Waals surface area contributed by atoms with Crippen LogP contribution in [0.1, 0.15) is 37.5 Å². The van der Waals surface area contributed by atoms with Gasteiger partial charge in [-0.25, -0.2) is 0 Å². The van der Waals surface area contributed by atoms with E-state index in [1.165, 1.54) is 33.4 Å². The zero-order valence-corrected chi connectivity index (χ0v) is 17.7. The fourth-order valence-electron chi connectivity index (χ4n) is 4.62. The third kappa shape index (κ3) is 2.69. The number of fused-ring (bicyclic) bond motifs is 9. The molecule has 2 aliphatic rings. The van der Waals surface area contributed by atoms with Crippen molar-refractivity contribution in [3.63, 3.8) is 0 Å². The van der Waals surface area contributed by atoms with E-state index < -0.39 is 5.60 Å². The van der Waals surface area contributed by atoms with Crippen LogP contribution in [0.25, 0.3) is 22.3 Å². The molecule has 0 atom stereocenters. The Morgan fingerprint density at radius 1 is 0.500 bits per heavy atom. The fourth-order valence-corrected chi connectivity index (χ4v) is 4.62. The maximum absolute atomic E-state index is 6.86. The van der Waals surface area contributed by atoms with Gasteiger partial charge in [0.25, 0.3) is 0 Å². The average Bonchev–Trinajstić information content (AvgIpc) is 3.05. The summed E-state index contributed by atoms with van der Waals surface area (Å²) in [5.41, 5.74) is 8.02. The van der Waals surface area contributed by atoms with Crippen LogP contribution in [0.2, 0.25) is 0 Å². The van der Waals surface area contributed by atoms with E-state index in [4.69, 9.17) is 4.74 Å². The highest BCUT2D eigenvalue weighted by Gasteiger charge is 2.50. The molecule has 0 amide bonds. The van der Waals surface area contributed by atoms with Crippen molar-refractivity contribution in [2.24, 2.45) is 5.92 Å². The van der Waals surface area contributed by atoms with Crippen LogP contribution in [-0.4, -0.2) is 0 Å². The molecule has 0 N–H and O–H groups in total. The van der Waals surface area contributed by atoms with Crippen molar-refractivity contribution in [3.8, 4) is 28.0 Å². The van der Waals surface area contributed by atoms with Gasteiger partial charge in [0.15, 0.2) is 5.60 Å². The molecule has 0 unspecified atom stereocenters. The molecule has 6 rings (SSSR count). The lowest BCUT2D eigenvalue weighted by atomic mass is 9.78. The van der Waals surface area contributed by atoms with Gasteiger partial charge in [0.1, 0.15) is 5.75 Å². The van der Waals surface area contributed by atoms with Crippen molar-refractivity contribution in [2.45, 2.75) is 26.4 Å². The molecule has 1 heteroatoms. The fraction of sp³-hybridized carbons (Fsp3) is 0.172. The van der Waals surface area contributed by atoms with Crippen molar-refractivity contribution >= 4 is 0 Å². The highest BCUT2D eigenvalue weighted by atomic mass is 16.5. The number of hydrogen-bond donors (Lipinski definition) is 0. The highest BCUT2D eigenvalue weighted by Crippen LogP contribution is 2.58. The van der Waals surface area contributed by atoms with E-state index in [0.29, 0.717) is 0 Å². The zero-order chi connectivity index (χ0) is 20.7. The number of para-hydroxylation sites is 1. The summed E-state index contributed by atoms with van der Waals surface area (Å²) in [6, 6.07) is 34.3. The summed E-state index contributed by atoms with van der Waals surface area (Å²) in [5.74, 6) is 1.78. The number of rotatable bonds is 0. The Balaban J connectivity index is 0.000000446. The quantitative estimate of drug-likeness (QED) is 0.299. The van der Waals surface area contributed by atoms with Gasteiger partial charge in [-0.3, -0.25) is 0 Å². The molecule has 148 valence electrons. The summed E-state index contributed by atoms with van der Waals surface area (Å²) >= 11 is 0. The third-order valence-electron chi connectivity index (χ3n) is 5.65. The number of benzene rings is 4. The van der Waals surface area contributed by atoms with Crippen LogP contribution in [0.3, 0.4) is 0 Å². The summed E-state index contributed by atoms with van der Waals surface area (Å²) in [5, 5.41) is 0. The van der Waals surface area contributed by atoms with Gasteiger partial charge >= 0.3 is 0 Å². The van der Waals surface area contributed by atoms with E-state index in [-0.39, 0.29) is 0 Å². The standard InChI is InChI=1S/C25H16O.C4H10/c1-5-13-21-17(9-1)18-10-2-6-14-22(18)25(21)23-15-7-3-11-19(23)20-12-4-8-16-24(20)26-25;1-4(2)3/h1-16H;4H,1-3H3. The van der Waals surface area contributed by atoms with Crippen LogP contribution >= 0.6 is 0 Å². The molecule has 1 nitrogen and oxygen atoms in total. The van der Waals surface area contributed by atoms with Crippen LogP contribution in [0.5, 0.6) is 5.75 Å². The minimum absolute atomic E-state index is 0.585. The van der Waals surface area contributed by atoms with Crippen LogP contribution in [0, 0.1) is 5.92 Å². The predicted octanol–water partition coefficient (Wildman–Crippen LogP) is 7.68. The van der Waals surface area contributed by atoms with Gasteiger partial charge in [0.05, 0.1) is 0 Å². The molecule has 0 fully saturated rings. The van der Waals surface area contributed by atoms with Gasteiger partial charge in [0, 0.05) is 22.3 Å². The van der Waals surface area contributed by atoms with E-state index in [1.54, 1.807) is 0 Å². The normalized spacial score (nSPS) is 14.0. The Hall–Kier alpha value is -3.32. The number of hydrogen-bond acceptors (Lipinski definition) is 1. The Morgan fingerprint density at radius 3 is 1.30 bits per heavy atom. The highest BCUT2D eigenvalue weighted by molar-refractivity contribution is 5.87. The monoisotopic (exact) mass is 390 g/mol. The molecule has 1 spiro atoms. The lowest BCUT2D eigenvalue weighted by Crippen LogP contribution is -2.36. The lowest BCUT2D eigenvalue weighted by Gasteiger charge is -2.39. The van der Waals surface area contributed by atoms with E-state index in [1.807, 2.05) is 6.07 Å². The Bertz CT molecular complexity index is 1170. The molecule has 1 aliphatic heterocycles. The maximum Gasteiger partial charge on any atom is 0.186 e. The Kier molecular flexibility index (Phi) is 4.47. The molecule has 1 aliphatic carbocycles. The average molecular weight is 391 g/mol. The van der Waals surface area contributed by atoms with Crippen LogP contribution in [0.15, 0.2) is 97.1 Å². The van der Waals surface area contributed by atoms with Gasteiger partial charge in [-0.05, 0) is 28.7 Å². The molecule has 4 aromatic rings. The summed E-state index contributed by atoms with van der Waals surface area (Å²) in [6.07, 6.45) is 0. The van der Waals surface area contributed by atoms with E-state index in [9.17, 15) is 0 Å². The van der Waals surface area contributed by atoms with Gasteiger partial charge in [0.2, 0.25) is 0 Å². The topological polar surface area (TPSA) is 9.23 Å². The predicted molar refractivity (Wildman–Crippen MR) is 125 cm³/mol. The lowest BCUT2D eigenvalue weighted by molar-refractivity contribution is 0.157.